The highest BCUT2D eigenvalue weighted by Crippen LogP contribution is 2.36. The van der Waals surface area contributed by atoms with Crippen LogP contribution in [0.5, 0.6) is 0 Å². The maximum Gasteiger partial charge on any atom is 0.214 e. The van der Waals surface area contributed by atoms with E-state index in [2.05, 4.69) is 0 Å². The summed E-state index contributed by atoms with van der Waals surface area (Å²) in [5, 5.41) is 0. The van der Waals surface area contributed by atoms with Crippen LogP contribution in [0.2, 0.25) is 0 Å². The first-order chi connectivity index (χ1) is 7.53. The maximum atomic E-state index is 12.2. The molecule has 0 spiro atoms. The predicted molar refractivity (Wildman–Crippen MR) is 66.1 cm³/mol. The van der Waals surface area contributed by atoms with Gasteiger partial charge in [0.05, 0.1) is 5.75 Å². The van der Waals surface area contributed by atoms with Gasteiger partial charge in [0.15, 0.2) is 0 Å². The fourth-order valence-electron chi connectivity index (χ4n) is 1.91. The van der Waals surface area contributed by atoms with E-state index in [9.17, 15) is 8.42 Å². The Morgan fingerprint density at radius 1 is 1.31 bits per heavy atom. The third kappa shape index (κ3) is 3.34. The Morgan fingerprint density at radius 3 is 2.38 bits per heavy atom. The number of halogens is 1. The van der Waals surface area contributed by atoms with Crippen molar-refractivity contribution in [2.45, 2.75) is 38.6 Å². The summed E-state index contributed by atoms with van der Waals surface area (Å²) in [6.45, 7) is 2.65. The van der Waals surface area contributed by atoms with Gasteiger partial charge in [0, 0.05) is 18.5 Å². The monoisotopic (exact) mass is 265 g/mol. The van der Waals surface area contributed by atoms with Gasteiger partial charge in [-0.3, -0.25) is 0 Å². The zero-order valence-electron chi connectivity index (χ0n) is 9.73. The van der Waals surface area contributed by atoms with Crippen molar-refractivity contribution in [1.29, 1.82) is 0 Å². The van der Waals surface area contributed by atoms with Crippen LogP contribution in [0.4, 0.5) is 0 Å². The van der Waals surface area contributed by atoms with Crippen molar-refractivity contribution < 1.29 is 8.42 Å². The van der Waals surface area contributed by atoms with Gasteiger partial charge in [-0.25, -0.2) is 8.42 Å². The zero-order chi connectivity index (χ0) is 11.8. The van der Waals surface area contributed by atoms with Gasteiger partial charge < -0.3 is 0 Å². The van der Waals surface area contributed by atoms with Gasteiger partial charge in [0.2, 0.25) is 10.0 Å². The van der Waals surface area contributed by atoms with Gasteiger partial charge >= 0.3 is 0 Å². The van der Waals surface area contributed by atoms with Crippen molar-refractivity contribution in [3.05, 3.63) is 0 Å². The van der Waals surface area contributed by atoms with E-state index in [1.807, 2.05) is 6.92 Å². The largest absolute Gasteiger partial charge is 0.214 e. The lowest BCUT2D eigenvalue weighted by Gasteiger charge is -2.23. The maximum absolute atomic E-state index is 12.2. The minimum Gasteiger partial charge on any atom is -0.212 e. The molecule has 16 heavy (non-hydrogen) atoms. The van der Waals surface area contributed by atoms with E-state index in [-0.39, 0.29) is 11.7 Å². The van der Waals surface area contributed by atoms with Crippen molar-refractivity contribution in [2.75, 3.05) is 18.2 Å². The highest BCUT2D eigenvalue weighted by Gasteiger charge is 2.40. The molecule has 0 amide bonds. The van der Waals surface area contributed by atoms with Crippen LogP contribution in [-0.4, -0.2) is 36.9 Å². The van der Waals surface area contributed by atoms with E-state index in [4.69, 9.17) is 11.6 Å². The Kier molecular flexibility index (Phi) is 3.82. The molecule has 2 fully saturated rings. The third-order valence-corrected chi connectivity index (χ3v) is 5.88. The molecule has 5 heteroatoms. The molecule has 0 aromatic carbocycles. The second-order valence-corrected chi connectivity index (χ2v) is 7.56. The number of sulfonamides is 1. The highest BCUT2D eigenvalue weighted by molar-refractivity contribution is 7.89. The second-order valence-electron chi connectivity index (χ2n) is 5.28. The van der Waals surface area contributed by atoms with Crippen LogP contribution < -0.4 is 0 Å². The Hall–Kier alpha value is 0.200. The van der Waals surface area contributed by atoms with Crippen LogP contribution in [0.3, 0.4) is 0 Å². The molecule has 1 atom stereocenters. The van der Waals surface area contributed by atoms with Crippen LogP contribution in [0.1, 0.15) is 32.6 Å². The number of nitrogens with zero attached hydrogens (tertiary/aromatic N) is 1. The Labute approximate surface area is 103 Å². The predicted octanol–water partition coefficient (Wildman–Crippen LogP) is 2.07. The smallest absolute Gasteiger partial charge is 0.212 e. The molecule has 2 aliphatic rings. The third-order valence-electron chi connectivity index (χ3n) is 3.21. The van der Waals surface area contributed by atoms with Gasteiger partial charge in [-0.05, 0) is 37.5 Å². The molecule has 0 aliphatic heterocycles. The molecule has 3 nitrogen and oxygen atoms in total. The van der Waals surface area contributed by atoms with Crippen molar-refractivity contribution >= 4 is 21.6 Å². The molecule has 2 saturated carbocycles. The van der Waals surface area contributed by atoms with Crippen LogP contribution in [0.15, 0.2) is 0 Å². The van der Waals surface area contributed by atoms with Crippen molar-refractivity contribution in [3.63, 3.8) is 0 Å². The minimum atomic E-state index is -3.08. The summed E-state index contributed by atoms with van der Waals surface area (Å²) < 4.78 is 26.2. The highest BCUT2D eigenvalue weighted by atomic mass is 35.5. The van der Waals surface area contributed by atoms with E-state index in [1.54, 1.807) is 4.31 Å². The first-order valence-corrected chi connectivity index (χ1v) is 8.23. The second kappa shape index (κ2) is 4.83. The summed E-state index contributed by atoms with van der Waals surface area (Å²) in [5.41, 5.74) is 0. The molecule has 0 aromatic rings. The standard InChI is InChI=1S/C11H20ClNO2S/c1-9(6-12)8-16(14,15)13(11-4-5-11)7-10-2-3-10/h9-11H,2-8H2,1H3. The van der Waals surface area contributed by atoms with E-state index in [1.165, 1.54) is 12.8 Å². The summed E-state index contributed by atoms with van der Waals surface area (Å²) in [6.07, 6.45) is 4.48. The topological polar surface area (TPSA) is 37.4 Å². The lowest BCUT2D eigenvalue weighted by atomic mass is 10.3. The summed E-state index contributed by atoms with van der Waals surface area (Å²) in [7, 11) is -3.08. The average Bonchev–Trinajstić information content (AvgIpc) is 3.05. The van der Waals surface area contributed by atoms with Crippen LogP contribution in [0, 0.1) is 11.8 Å². The minimum absolute atomic E-state index is 0.0483. The SMILES string of the molecule is CC(CCl)CS(=O)(=O)N(CC1CC1)C1CC1. The van der Waals surface area contributed by atoms with E-state index in [0.29, 0.717) is 17.8 Å². The molecule has 0 bridgehead atoms. The van der Waals surface area contributed by atoms with Gasteiger partial charge in [-0.1, -0.05) is 6.92 Å². The average molecular weight is 266 g/mol. The first-order valence-electron chi connectivity index (χ1n) is 6.08. The lowest BCUT2D eigenvalue weighted by Crippen LogP contribution is -2.38. The summed E-state index contributed by atoms with van der Waals surface area (Å²) in [6, 6.07) is 0.299. The van der Waals surface area contributed by atoms with Gasteiger partial charge in [-0.15, -0.1) is 11.6 Å². The molecule has 0 saturated heterocycles. The number of alkyl halides is 1. The number of rotatable bonds is 7. The quantitative estimate of drug-likeness (QED) is 0.661. The molecule has 0 radical (unpaired) electrons. The fourth-order valence-corrected chi connectivity index (χ4v) is 4.28. The van der Waals surface area contributed by atoms with E-state index >= 15 is 0 Å². The van der Waals surface area contributed by atoms with Gasteiger partial charge in [0.25, 0.3) is 0 Å². The van der Waals surface area contributed by atoms with E-state index < -0.39 is 10.0 Å². The van der Waals surface area contributed by atoms with Crippen molar-refractivity contribution in [1.82, 2.24) is 4.31 Å². The van der Waals surface area contributed by atoms with Crippen LogP contribution >= 0.6 is 11.6 Å². The molecule has 2 aliphatic carbocycles. The van der Waals surface area contributed by atoms with E-state index in [0.717, 1.165) is 19.4 Å². The summed E-state index contributed by atoms with van der Waals surface area (Å²) in [4.78, 5) is 0. The summed E-state index contributed by atoms with van der Waals surface area (Å²) in [5.74, 6) is 1.30. The molecule has 94 valence electrons. The molecule has 2 rings (SSSR count). The molecular weight excluding hydrogens is 246 g/mol. The lowest BCUT2D eigenvalue weighted by molar-refractivity contribution is 0.385. The Bertz CT molecular complexity index is 336. The van der Waals surface area contributed by atoms with Crippen LogP contribution in [0.25, 0.3) is 0 Å². The molecular formula is C11H20ClNO2S. The number of hydrogen-bond donors (Lipinski definition) is 0. The molecule has 0 N–H and O–H groups in total. The molecule has 1 unspecified atom stereocenters. The Balaban J connectivity index is 1.98. The molecule has 0 heterocycles. The zero-order valence-corrected chi connectivity index (χ0v) is 11.3. The van der Waals surface area contributed by atoms with Crippen molar-refractivity contribution in [3.8, 4) is 0 Å². The molecule has 0 aromatic heterocycles. The summed E-state index contributed by atoms with van der Waals surface area (Å²) >= 11 is 5.69. The van der Waals surface area contributed by atoms with Crippen LogP contribution in [-0.2, 0) is 10.0 Å². The normalized spacial score (nSPS) is 23.7. The first kappa shape index (κ1) is 12.7. The van der Waals surface area contributed by atoms with Crippen molar-refractivity contribution in [2.24, 2.45) is 11.8 Å². The number of hydrogen-bond acceptors (Lipinski definition) is 2. The fraction of sp³-hybridized carbons (Fsp3) is 1.00. The van der Waals surface area contributed by atoms with Gasteiger partial charge in [0.1, 0.15) is 0 Å². The van der Waals surface area contributed by atoms with Gasteiger partial charge in [-0.2, -0.15) is 4.31 Å². The Morgan fingerprint density at radius 2 is 1.94 bits per heavy atom.